The average Bonchev–Trinajstić information content (AvgIpc) is 2.27. The Morgan fingerprint density at radius 2 is 1.87 bits per heavy atom. The summed E-state index contributed by atoms with van der Waals surface area (Å²) in [5.41, 5.74) is 4.33. The molecule has 0 bridgehead atoms. The fourth-order valence-corrected chi connectivity index (χ4v) is 1.26. The number of nitrogens with zero attached hydrogens (tertiary/aromatic N) is 1. The lowest BCUT2D eigenvalue weighted by molar-refractivity contribution is 1.42. The van der Waals surface area contributed by atoms with Crippen molar-refractivity contribution in [1.29, 1.82) is 0 Å². The van der Waals surface area contributed by atoms with Crippen molar-refractivity contribution in [2.24, 2.45) is 4.99 Å². The van der Waals surface area contributed by atoms with Crippen molar-refractivity contribution in [1.82, 2.24) is 0 Å². The standard InChI is InChI=1S/C14H17N/c1-5-12(4)15-14(6-2)13-9-7-11(3)8-10-13/h5-10H,1H2,2-4H3/b14-6-,15-12+. The summed E-state index contributed by atoms with van der Waals surface area (Å²) in [6.07, 6.45) is 3.77. The molecule has 0 atom stereocenters. The number of allylic oxidation sites excluding steroid dienone is 2. The van der Waals surface area contributed by atoms with E-state index in [0.717, 1.165) is 17.0 Å². The smallest absolute Gasteiger partial charge is 0.0662 e. The molecule has 0 aliphatic carbocycles. The highest BCUT2D eigenvalue weighted by Gasteiger charge is 1.97. The van der Waals surface area contributed by atoms with Crippen LogP contribution in [0.1, 0.15) is 25.0 Å². The highest BCUT2D eigenvalue weighted by Crippen LogP contribution is 2.16. The van der Waals surface area contributed by atoms with Crippen LogP contribution in [0.15, 0.2) is 48.0 Å². The highest BCUT2D eigenvalue weighted by molar-refractivity contribution is 5.96. The summed E-state index contributed by atoms with van der Waals surface area (Å²) in [6, 6.07) is 8.37. The van der Waals surface area contributed by atoms with Gasteiger partial charge in [0.25, 0.3) is 0 Å². The second kappa shape index (κ2) is 5.30. The van der Waals surface area contributed by atoms with Crippen LogP contribution in [0, 0.1) is 6.92 Å². The summed E-state index contributed by atoms with van der Waals surface area (Å²) in [6.45, 7) is 9.72. The molecule has 1 nitrogen and oxygen atoms in total. The fraction of sp³-hybridized carbons (Fsp3) is 0.214. The van der Waals surface area contributed by atoms with Crippen molar-refractivity contribution in [3.63, 3.8) is 0 Å². The van der Waals surface area contributed by atoms with Crippen molar-refractivity contribution in [3.05, 3.63) is 54.1 Å². The molecular weight excluding hydrogens is 182 g/mol. The Morgan fingerprint density at radius 3 is 2.33 bits per heavy atom. The van der Waals surface area contributed by atoms with Crippen molar-refractivity contribution >= 4 is 11.4 Å². The molecule has 0 amide bonds. The topological polar surface area (TPSA) is 12.4 Å². The van der Waals surface area contributed by atoms with Crippen LogP contribution in [0.3, 0.4) is 0 Å². The van der Waals surface area contributed by atoms with Gasteiger partial charge in [0.05, 0.1) is 5.70 Å². The van der Waals surface area contributed by atoms with Gasteiger partial charge in [-0.1, -0.05) is 42.5 Å². The van der Waals surface area contributed by atoms with E-state index < -0.39 is 0 Å². The van der Waals surface area contributed by atoms with Gasteiger partial charge in [0.1, 0.15) is 0 Å². The van der Waals surface area contributed by atoms with Crippen LogP contribution in [0.5, 0.6) is 0 Å². The minimum atomic E-state index is 0.934. The van der Waals surface area contributed by atoms with E-state index in [4.69, 9.17) is 0 Å². The van der Waals surface area contributed by atoms with Crippen LogP contribution in [0.4, 0.5) is 0 Å². The molecule has 0 saturated carbocycles. The Bertz CT molecular complexity index is 394. The lowest BCUT2D eigenvalue weighted by atomic mass is 10.1. The Balaban J connectivity index is 3.04. The fourth-order valence-electron chi connectivity index (χ4n) is 1.26. The van der Waals surface area contributed by atoms with E-state index in [1.165, 1.54) is 5.56 Å². The molecule has 0 aromatic heterocycles. The maximum absolute atomic E-state index is 4.47. The van der Waals surface area contributed by atoms with Crippen LogP contribution in [-0.2, 0) is 0 Å². The molecule has 15 heavy (non-hydrogen) atoms. The molecule has 78 valence electrons. The zero-order chi connectivity index (χ0) is 11.3. The van der Waals surface area contributed by atoms with Gasteiger partial charge in [-0.05, 0) is 32.4 Å². The molecule has 0 aliphatic rings. The van der Waals surface area contributed by atoms with Gasteiger partial charge >= 0.3 is 0 Å². The van der Waals surface area contributed by atoms with Gasteiger partial charge in [0.2, 0.25) is 0 Å². The quantitative estimate of drug-likeness (QED) is 0.652. The summed E-state index contributed by atoms with van der Waals surface area (Å²) in [4.78, 5) is 4.47. The van der Waals surface area contributed by atoms with Crippen molar-refractivity contribution in [2.75, 3.05) is 0 Å². The maximum atomic E-state index is 4.47. The largest absolute Gasteiger partial charge is 0.254 e. The molecule has 0 aliphatic heterocycles. The van der Waals surface area contributed by atoms with E-state index in [-0.39, 0.29) is 0 Å². The first kappa shape index (κ1) is 11.4. The van der Waals surface area contributed by atoms with E-state index in [0.29, 0.717) is 0 Å². The molecule has 0 spiro atoms. The minimum absolute atomic E-state index is 0.934. The maximum Gasteiger partial charge on any atom is 0.0662 e. The van der Waals surface area contributed by atoms with Crippen molar-refractivity contribution in [2.45, 2.75) is 20.8 Å². The van der Waals surface area contributed by atoms with Crippen molar-refractivity contribution < 1.29 is 0 Å². The van der Waals surface area contributed by atoms with Gasteiger partial charge in [-0.2, -0.15) is 0 Å². The van der Waals surface area contributed by atoms with E-state index in [1.807, 2.05) is 19.9 Å². The third-order valence-corrected chi connectivity index (χ3v) is 2.21. The summed E-state index contributed by atoms with van der Waals surface area (Å²) in [5, 5.41) is 0. The summed E-state index contributed by atoms with van der Waals surface area (Å²) in [7, 11) is 0. The zero-order valence-corrected chi connectivity index (χ0v) is 9.62. The molecule has 1 aromatic rings. The van der Waals surface area contributed by atoms with E-state index >= 15 is 0 Å². The number of hydrogen-bond donors (Lipinski definition) is 0. The SMILES string of the molecule is C=C/C(C)=N/C(=C\C)c1ccc(C)cc1. The Hall–Kier alpha value is -1.63. The number of rotatable bonds is 3. The second-order valence-corrected chi connectivity index (χ2v) is 3.50. The first-order valence-corrected chi connectivity index (χ1v) is 5.08. The van der Waals surface area contributed by atoms with Crippen LogP contribution >= 0.6 is 0 Å². The van der Waals surface area contributed by atoms with E-state index in [9.17, 15) is 0 Å². The molecule has 0 fully saturated rings. The summed E-state index contributed by atoms with van der Waals surface area (Å²) in [5.74, 6) is 0. The lowest BCUT2D eigenvalue weighted by Gasteiger charge is -2.03. The monoisotopic (exact) mass is 199 g/mol. The predicted molar refractivity (Wildman–Crippen MR) is 68.1 cm³/mol. The summed E-state index contributed by atoms with van der Waals surface area (Å²) >= 11 is 0. The second-order valence-electron chi connectivity index (χ2n) is 3.50. The minimum Gasteiger partial charge on any atom is -0.254 e. The highest BCUT2D eigenvalue weighted by atomic mass is 14.7. The Kier molecular flexibility index (Phi) is 4.04. The molecule has 0 saturated heterocycles. The molecule has 0 radical (unpaired) electrons. The van der Waals surface area contributed by atoms with E-state index in [1.54, 1.807) is 6.08 Å². The van der Waals surface area contributed by atoms with E-state index in [2.05, 4.69) is 42.8 Å². The third kappa shape index (κ3) is 3.21. The number of benzene rings is 1. The van der Waals surface area contributed by atoms with Gasteiger partial charge in [0.15, 0.2) is 0 Å². The van der Waals surface area contributed by atoms with Gasteiger partial charge in [0, 0.05) is 5.71 Å². The summed E-state index contributed by atoms with van der Waals surface area (Å²) < 4.78 is 0. The lowest BCUT2D eigenvalue weighted by Crippen LogP contribution is -1.87. The molecule has 1 rings (SSSR count). The zero-order valence-electron chi connectivity index (χ0n) is 9.62. The molecule has 1 aromatic carbocycles. The number of hydrogen-bond acceptors (Lipinski definition) is 1. The van der Waals surface area contributed by atoms with Crippen LogP contribution in [0.2, 0.25) is 0 Å². The predicted octanol–water partition coefficient (Wildman–Crippen LogP) is 4.00. The first-order valence-electron chi connectivity index (χ1n) is 5.08. The average molecular weight is 199 g/mol. The first-order chi connectivity index (χ1) is 7.17. The van der Waals surface area contributed by atoms with Crippen LogP contribution in [0.25, 0.3) is 5.70 Å². The molecular formula is C14H17N. The molecule has 1 heteroatoms. The Labute approximate surface area is 91.9 Å². The van der Waals surface area contributed by atoms with Gasteiger partial charge in [-0.25, -0.2) is 0 Å². The molecule has 0 unspecified atom stereocenters. The molecule has 0 heterocycles. The number of aryl methyl sites for hydroxylation is 1. The van der Waals surface area contributed by atoms with Gasteiger partial charge in [-0.3, -0.25) is 4.99 Å². The number of aliphatic imine (C=N–C) groups is 1. The van der Waals surface area contributed by atoms with Gasteiger partial charge in [-0.15, -0.1) is 0 Å². The normalized spacial score (nSPS) is 12.7. The van der Waals surface area contributed by atoms with Gasteiger partial charge < -0.3 is 0 Å². The molecule has 0 N–H and O–H groups in total. The van der Waals surface area contributed by atoms with Crippen LogP contribution in [-0.4, -0.2) is 5.71 Å². The van der Waals surface area contributed by atoms with Crippen molar-refractivity contribution in [3.8, 4) is 0 Å². The Morgan fingerprint density at radius 1 is 1.27 bits per heavy atom. The third-order valence-electron chi connectivity index (χ3n) is 2.21. The van der Waals surface area contributed by atoms with Crippen LogP contribution < -0.4 is 0 Å².